The first-order chi connectivity index (χ1) is 15.8. The van der Waals surface area contributed by atoms with E-state index in [0.717, 1.165) is 11.1 Å². The Morgan fingerprint density at radius 3 is 2.27 bits per heavy atom. The van der Waals surface area contributed by atoms with Crippen LogP contribution in [0.15, 0.2) is 60.9 Å². The number of ether oxygens (including phenoxy) is 1. The largest absolute Gasteiger partial charge is 0.449 e. The molecule has 0 fully saturated rings. The molecular formula is C26H31N3O4. The van der Waals surface area contributed by atoms with Crippen molar-refractivity contribution in [3.63, 3.8) is 0 Å². The Balaban J connectivity index is 1.27. The molecule has 7 nitrogen and oxygen atoms in total. The van der Waals surface area contributed by atoms with Gasteiger partial charge in [0, 0.05) is 24.2 Å². The summed E-state index contributed by atoms with van der Waals surface area (Å²) >= 11 is 0. The van der Waals surface area contributed by atoms with Gasteiger partial charge in [0.1, 0.15) is 12.7 Å². The number of alkyl carbamates (subject to hydrolysis) is 1. The fraction of sp³-hybridized carbons (Fsp3) is 0.385. The van der Waals surface area contributed by atoms with E-state index in [-0.39, 0.29) is 31.0 Å². The molecule has 2 aromatic carbocycles. The highest BCUT2D eigenvalue weighted by atomic mass is 16.5. The third-order valence-corrected chi connectivity index (χ3v) is 6.05. The van der Waals surface area contributed by atoms with Gasteiger partial charge in [-0.25, -0.2) is 4.79 Å². The molecule has 33 heavy (non-hydrogen) atoms. The number of aromatic nitrogens is 2. The number of carbonyl (C=O) groups is 1. The van der Waals surface area contributed by atoms with Crippen LogP contribution in [0.4, 0.5) is 4.79 Å². The molecule has 0 radical (unpaired) electrons. The minimum atomic E-state index is -1.08. The van der Waals surface area contributed by atoms with Crippen LogP contribution in [0.5, 0.6) is 0 Å². The average Bonchev–Trinajstić information content (AvgIpc) is 3.41. The highest BCUT2D eigenvalue weighted by Crippen LogP contribution is 2.44. The van der Waals surface area contributed by atoms with Crippen molar-refractivity contribution in [3.8, 4) is 11.1 Å². The second-order valence-electron chi connectivity index (χ2n) is 9.44. The number of nitrogens with zero attached hydrogens (tertiary/aromatic N) is 2. The van der Waals surface area contributed by atoms with Gasteiger partial charge in [-0.05, 0) is 49.4 Å². The predicted octanol–water partition coefficient (Wildman–Crippen LogP) is 3.96. The van der Waals surface area contributed by atoms with Gasteiger partial charge in [-0.3, -0.25) is 4.68 Å². The van der Waals surface area contributed by atoms with Crippen LogP contribution in [0.1, 0.15) is 55.9 Å². The van der Waals surface area contributed by atoms with E-state index in [9.17, 15) is 15.0 Å². The van der Waals surface area contributed by atoms with Crippen LogP contribution in [0, 0.1) is 0 Å². The summed E-state index contributed by atoms with van der Waals surface area (Å²) in [6.07, 6.45) is 0.817. The molecule has 0 saturated heterocycles. The minimum Gasteiger partial charge on any atom is -0.449 e. The Labute approximate surface area is 194 Å². The molecule has 7 heteroatoms. The fourth-order valence-electron chi connectivity index (χ4n) is 4.21. The summed E-state index contributed by atoms with van der Waals surface area (Å²) in [6, 6.07) is 16.3. The molecule has 2 atom stereocenters. The maximum atomic E-state index is 12.3. The predicted molar refractivity (Wildman–Crippen MR) is 126 cm³/mol. The molecule has 3 aromatic rings. The van der Waals surface area contributed by atoms with E-state index >= 15 is 0 Å². The van der Waals surface area contributed by atoms with Crippen molar-refractivity contribution in [2.45, 2.75) is 50.9 Å². The lowest BCUT2D eigenvalue weighted by atomic mass is 9.98. The van der Waals surface area contributed by atoms with E-state index in [4.69, 9.17) is 4.74 Å². The van der Waals surface area contributed by atoms with Gasteiger partial charge in [0.05, 0.1) is 17.8 Å². The molecular weight excluding hydrogens is 418 g/mol. The molecule has 4 rings (SSSR count). The Hall–Kier alpha value is -3.16. The molecule has 1 aliphatic carbocycles. The van der Waals surface area contributed by atoms with Gasteiger partial charge in [-0.15, -0.1) is 0 Å². The molecule has 0 aliphatic heterocycles. The molecule has 1 amide bonds. The number of carbonyl (C=O) groups excluding carboxylic acids is 1. The van der Waals surface area contributed by atoms with E-state index in [1.807, 2.05) is 45.0 Å². The van der Waals surface area contributed by atoms with E-state index in [2.05, 4.69) is 34.7 Å². The molecule has 3 N–H and O–H groups in total. The van der Waals surface area contributed by atoms with Gasteiger partial charge in [0.25, 0.3) is 0 Å². The summed E-state index contributed by atoms with van der Waals surface area (Å²) < 4.78 is 7.24. The number of fused-ring (bicyclic) bond motifs is 3. The Kier molecular flexibility index (Phi) is 6.54. The number of hydrogen-bond acceptors (Lipinski definition) is 5. The first-order valence-electron chi connectivity index (χ1n) is 11.3. The number of aliphatic hydroxyl groups excluding tert-OH is 2. The molecule has 0 saturated carbocycles. The third kappa shape index (κ3) is 4.94. The summed E-state index contributed by atoms with van der Waals surface area (Å²) in [7, 11) is 0. The average molecular weight is 450 g/mol. The number of rotatable bonds is 7. The Morgan fingerprint density at radius 2 is 1.70 bits per heavy atom. The van der Waals surface area contributed by atoms with Crippen LogP contribution in [-0.2, 0) is 10.3 Å². The molecule has 174 valence electrons. The number of nitrogens with one attached hydrogen (secondary N) is 1. The van der Waals surface area contributed by atoms with E-state index < -0.39 is 18.3 Å². The SMILES string of the molecule is CC(C)(C)n1cc(C(O)C(O)CCNC(=O)OCC2c3ccccc3-c3ccccc32)cn1. The number of amides is 1. The summed E-state index contributed by atoms with van der Waals surface area (Å²) in [4.78, 5) is 12.3. The number of hydrogen-bond donors (Lipinski definition) is 3. The van der Waals surface area contributed by atoms with E-state index in [1.165, 1.54) is 11.1 Å². The van der Waals surface area contributed by atoms with E-state index in [1.54, 1.807) is 17.1 Å². The number of benzene rings is 2. The number of aliphatic hydroxyl groups is 2. The molecule has 1 heterocycles. The first-order valence-corrected chi connectivity index (χ1v) is 11.3. The van der Waals surface area contributed by atoms with Crippen LogP contribution in [0.2, 0.25) is 0 Å². The lowest BCUT2D eigenvalue weighted by Crippen LogP contribution is -2.30. The van der Waals surface area contributed by atoms with Gasteiger partial charge in [0.2, 0.25) is 0 Å². The fourth-order valence-corrected chi connectivity index (χ4v) is 4.21. The zero-order chi connectivity index (χ0) is 23.6. The third-order valence-electron chi connectivity index (χ3n) is 6.05. The lowest BCUT2D eigenvalue weighted by Gasteiger charge is -2.20. The topological polar surface area (TPSA) is 96.6 Å². The van der Waals surface area contributed by atoms with Crippen molar-refractivity contribution in [1.82, 2.24) is 15.1 Å². The Morgan fingerprint density at radius 1 is 1.09 bits per heavy atom. The molecule has 1 aliphatic rings. The van der Waals surface area contributed by atoms with Crippen LogP contribution >= 0.6 is 0 Å². The summed E-state index contributed by atoms with van der Waals surface area (Å²) in [6.45, 7) is 6.43. The molecule has 0 spiro atoms. The zero-order valence-electron chi connectivity index (χ0n) is 19.2. The van der Waals surface area contributed by atoms with Gasteiger partial charge < -0.3 is 20.3 Å². The standard InChI is InChI=1S/C26H31N3O4/c1-26(2,3)29-15-17(14-28-29)24(31)23(30)12-13-27-25(32)33-16-22-20-10-6-4-8-18(20)19-9-5-7-11-21(19)22/h4-11,14-15,22-24,30-31H,12-13,16H2,1-3H3,(H,27,32). The second kappa shape index (κ2) is 9.37. The lowest BCUT2D eigenvalue weighted by molar-refractivity contribution is 0.0135. The smallest absolute Gasteiger partial charge is 0.407 e. The highest BCUT2D eigenvalue weighted by molar-refractivity contribution is 5.79. The van der Waals surface area contributed by atoms with Gasteiger partial charge in [-0.1, -0.05) is 48.5 Å². The van der Waals surface area contributed by atoms with Crippen molar-refractivity contribution >= 4 is 6.09 Å². The first kappa shape index (κ1) is 23.0. The summed E-state index contributed by atoms with van der Waals surface area (Å²) in [5.41, 5.74) is 4.98. The van der Waals surface area contributed by atoms with Crippen molar-refractivity contribution in [3.05, 3.63) is 77.6 Å². The zero-order valence-corrected chi connectivity index (χ0v) is 19.2. The van der Waals surface area contributed by atoms with Crippen molar-refractivity contribution < 1.29 is 19.7 Å². The highest BCUT2D eigenvalue weighted by Gasteiger charge is 2.29. The minimum absolute atomic E-state index is 0.00471. The molecule has 0 bridgehead atoms. The summed E-state index contributed by atoms with van der Waals surface area (Å²) in [5, 5.41) is 27.7. The molecule has 1 aromatic heterocycles. The van der Waals surface area contributed by atoms with Crippen molar-refractivity contribution in [2.24, 2.45) is 0 Å². The van der Waals surface area contributed by atoms with Crippen molar-refractivity contribution in [2.75, 3.05) is 13.2 Å². The van der Waals surface area contributed by atoms with Gasteiger partial charge >= 0.3 is 6.09 Å². The van der Waals surface area contributed by atoms with Crippen LogP contribution < -0.4 is 5.32 Å². The Bertz CT molecular complexity index is 1070. The van der Waals surface area contributed by atoms with Crippen LogP contribution in [0.3, 0.4) is 0 Å². The van der Waals surface area contributed by atoms with Gasteiger partial charge in [-0.2, -0.15) is 5.10 Å². The van der Waals surface area contributed by atoms with Crippen LogP contribution in [-0.4, -0.2) is 45.3 Å². The van der Waals surface area contributed by atoms with Crippen molar-refractivity contribution in [1.29, 1.82) is 0 Å². The van der Waals surface area contributed by atoms with E-state index in [0.29, 0.717) is 5.56 Å². The maximum absolute atomic E-state index is 12.3. The summed E-state index contributed by atoms with van der Waals surface area (Å²) in [5.74, 6) is -0.00471. The maximum Gasteiger partial charge on any atom is 0.407 e. The molecule has 2 unspecified atom stereocenters. The van der Waals surface area contributed by atoms with Gasteiger partial charge in [0.15, 0.2) is 0 Å². The normalized spacial score (nSPS) is 14.9. The van der Waals surface area contributed by atoms with Crippen LogP contribution in [0.25, 0.3) is 11.1 Å². The second-order valence-corrected chi connectivity index (χ2v) is 9.44. The monoisotopic (exact) mass is 449 g/mol. The quantitative estimate of drug-likeness (QED) is 0.507.